The van der Waals surface area contributed by atoms with E-state index in [9.17, 15) is 31.1 Å². The zero-order valence-electron chi connectivity index (χ0n) is 17.5. The van der Waals surface area contributed by atoms with Gasteiger partial charge < -0.3 is 4.90 Å². The van der Waals surface area contributed by atoms with E-state index in [1.807, 2.05) is 0 Å². The highest BCUT2D eigenvalue weighted by molar-refractivity contribution is 7.80. The van der Waals surface area contributed by atoms with E-state index in [-0.39, 0.29) is 23.0 Å². The molecule has 2 heterocycles. The van der Waals surface area contributed by atoms with Crippen molar-refractivity contribution in [2.75, 3.05) is 4.90 Å². The van der Waals surface area contributed by atoms with E-state index in [2.05, 4.69) is 4.98 Å². The number of alkyl halides is 6. The lowest BCUT2D eigenvalue weighted by atomic mass is 10.0. The van der Waals surface area contributed by atoms with Crippen molar-refractivity contribution in [2.24, 2.45) is 0 Å². The van der Waals surface area contributed by atoms with Gasteiger partial charge in [-0.2, -0.15) is 31.6 Å². The zero-order valence-corrected chi connectivity index (χ0v) is 18.3. The van der Waals surface area contributed by atoms with Crippen LogP contribution in [0, 0.1) is 18.3 Å². The van der Waals surface area contributed by atoms with Crippen LogP contribution in [-0.2, 0) is 23.7 Å². The van der Waals surface area contributed by atoms with Crippen molar-refractivity contribution in [1.29, 1.82) is 5.26 Å². The average Bonchev–Trinajstić information content (AvgIpc) is 2.86. The van der Waals surface area contributed by atoms with Crippen LogP contribution in [0.2, 0.25) is 0 Å². The van der Waals surface area contributed by atoms with Crippen molar-refractivity contribution in [3.05, 3.63) is 58.4 Å². The molecule has 0 N–H and O–H groups in total. The lowest BCUT2D eigenvalue weighted by Gasteiger charge is -2.30. The number of hydrogen-bond donors (Lipinski definition) is 0. The van der Waals surface area contributed by atoms with Crippen molar-refractivity contribution in [3.8, 4) is 6.07 Å². The Morgan fingerprint density at radius 3 is 2.24 bits per heavy atom. The number of hydrogen-bond acceptors (Lipinski definition) is 4. The molecule has 0 saturated carbocycles. The molecule has 1 amide bonds. The number of carbonyl (C=O) groups is 1. The Balaban J connectivity index is 2.00. The van der Waals surface area contributed by atoms with Gasteiger partial charge in [0.15, 0.2) is 5.11 Å². The number of rotatable bonds is 3. The molecule has 0 spiro atoms. The molecule has 1 aromatic heterocycles. The standard InChI is InChI=1S/C21H16F6N4OS/c1-11-13(5-7-16(29-11)21(25,26)27)10-30-18(33)31(17(32)19(30,2)3)14-6-4-12(9-28)15(8-14)20(22,23)24/h4-8H,10H2,1-3H3. The Morgan fingerprint density at radius 1 is 1.09 bits per heavy atom. The van der Waals surface area contributed by atoms with E-state index in [0.717, 1.165) is 17.0 Å². The van der Waals surface area contributed by atoms with E-state index in [1.165, 1.54) is 43.9 Å². The second-order valence-corrected chi connectivity index (χ2v) is 8.21. The lowest BCUT2D eigenvalue weighted by molar-refractivity contribution is -0.141. The third-order valence-electron chi connectivity index (χ3n) is 5.32. The number of benzene rings is 1. The molecule has 5 nitrogen and oxygen atoms in total. The van der Waals surface area contributed by atoms with E-state index in [1.54, 1.807) is 0 Å². The number of aromatic nitrogens is 1. The van der Waals surface area contributed by atoms with Gasteiger partial charge >= 0.3 is 12.4 Å². The van der Waals surface area contributed by atoms with Crippen LogP contribution in [0.1, 0.15) is 41.9 Å². The van der Waals surface area contributed by atoms with Crippen molar-refractivity contribution >= 4 is 28.9 Å². The summed E-state index contributed by atoms with van der Waals surface area (Å²) in [6, 6.07) is 6.31. The Kier molecular flexibility index (Phi) is 5.91. The number of halogens is 6. The molecule has 1 aromatic carbocycles. The van der Waals surface area contributed by atoms with E-state index in [0.29, 0.717) is 11.6 Å². The minimum atomic E-state index is -4.83. The molecule has 0 unspecified atom stereocenters. The van der Waals surface area contributed by atoms with Gasteiger partial charge in [0.2, 0.25) is 0 Å². The quantitative estimate of drug-likeness (QED) is 0.440. The highest BCUT2D eigenvalue weighted by Gasteiger charge is 2.50. The highest BCUT2D eigenvalue weighted by atomic mass is 32.1. The number of anilines is 1. The van der Waals surface area contributed by atoms with Gasteiger partial charge in [-0.15, -0.1) is 0 Å². The van der Waals surface area contributed by atoms with Crippen LogP contribution in [0.4, 0.5) is 32.0 Å². The predicted molar refractivity (Wildman–Crippen MR) is 110 cm³/mol. The van der Waals surface area contributed by atoms with Gasteiger partial charge in [-0.3, -0.25) is 9.69 Å². The molecule has 1 saturated heterocycles. The summed E-state index contributed by atoms with van der Waals surface area (Å²) in [5.74, 6) is -0.622. The maximum atomic E-state index is 13.4. The molecular formula is C21H16F6N4OS. The van der Waals surface area contributed by atoms with Gasteiger partial charge in [0, 0.05) is 12.2 Å². The molecule has 33 heavy (non-hydrogen) atoms. The number of amides is 1. The van der Waals surface area contributed by atoms with Gasteiger partial charge in [0.25, 0.3) is 5.91 Å². The zero-order chi connectivity index (χ0) is 24.9. The van der Waals surface area contributed by atoms with E-state index in [4.69, 9.17) is 17.5 Å². The summed E-state index contributed by atoms with van der Waals surface area (Å²) in [6.07, 6.45) is -9.45. The number of thiocarbonyl (C=S) groups is 1. The number of carbonyl (C=O) groups excluding carboxylic acids is 1. The van der Waals surface area contributed by atoms with Gasteiger partial charge in [0.05, 0.1) is 22.9 Å². The average molecular weight is 486 g/mol. The van der Waals surface area contributed by atoms with Crippen LogP contribution in [0.15, 0.2) is 30.3 Å². The molecular weight excluding hydrogens is 470 g/mol. The normalized spacial score (nSPS) is 16.4. The third kappa shape index (κ3) is 4.37. The molecule has 0 bridgehead atoms. The Morgan fingerprint density at radius 2 is 1.73 bits per heavy atom. The fourth-order valence-electron chi connectivity index (χ4n) is 3.42. The Bertz CT molecular complexity index is 1180. The summed E-state index contributed by atoms with van der Waals surface area (Å²) in [5, 5.41) is 8.86. The van der Waals surface area contributed by atoms with Crippen molar-refractivity contribution < 1.29 is 31.1 Å². The maximum absolute atomic E-state index is 13.4. The first kappa shape index (κ1) is 24.4. The second kappa shape index (κ2) is 7.98. The van der Waals surface area contributed by atoms with E-state index >= 15 is 0 Å². The van der Waals surface area contributed by atoms with Gasteiger partial charge in [-0.05, 0) is 62.8 Å². The second-order valence-electron chi connectivity index (χ2n) is 7.85. The molecule has 1 fully saturated rings. The molecule has 1 aliphatic heterocycles. The number of nitriles is 1. The van der Waals surface area contributed by atoms with Crippen LogP contribution in [0.25, 0.3) is 0 Å². The van der Waals surface area contributed by atoms with Crippen molar-refractivity contribution in [2.45, 2.75) is 45.2 Å². The van der Waals surface area contributed by atoms with Crippen molar-refractivity contribution in [1.82, 2.24) is 9.88 Å². The summed E-state index contributed by atoms with van der Waals surface area (Å²) in [5.41, 5.74) is -3.92. The Labute approximate surface area is 190 Å². The fourth-order valence-corrected chi connectivity index (χ4v) is 3.90. The lowest BCUT2D eigenvalue weighted by Crippen LogP contribution is -2.43. The van der Waals surface area contributed by atoms with Crippen LogP contribution < -0.4 is 4.90 Å². The summed E-state index contributed by atoms with van der Waals surface area (Å²) in [6.45, 7) is 4.30. The summed E-state index contributed by atoms with van der Waals surface area (Å²) in [7, 11) is 0. The molecule has 0 radical (unpaired) electrons. The fraction of sp³-hybridized carbons (Fsp3) is 0.333. The molecule has 0 atom stereocenters. The van der Waals surface area contributed by atoms with E-state index < -0.39 is 40.6 Å². The van der Waals surface area contributed by atoms with Crippen LogP contribution >= 0.6 is 12.2 Å². The van der Waals surface area contributed by atoms with Crippen LogP contribution in [0.5, 0.6) is 0 Å². The molecule has 2 aromatic rings. The molecule has 3 rings (SSSR count). The summed E-state index contributed by atoms with van der Waals surface area (Å²) < 4.78 is 78.9. The topological polar surface area (TPSA) is 60.2 Å². The molecule has 1 aliphatic rings. The first-order chi connectivity index (χ1) is 15.1. The monoisotopic (exact) mass is 486 g/mol. The number of nitrogens with zero attached hydrogens (tertiary/aromatic N) is 4. The summed E-state index contributed by atoms with van der Waals surface area (Å²) in [4.78, 5) is 19.0. The van der Waals surface area contributed by atoms with Crippen LogP contribution in [0.3, 0.4) is 0 Å². The molecule has 0 aliphatic carbocycles. The SMILES string of the molecule is Cc1nc(C(F)(F)F)ccc1CN1C(=S)N(c2ccc(C#N)c(C(F)(F)F)c2)C(=O)C1(C)C. The smallest absolute Gasteiger partial charge is 0.330 e. The maximum Gasteiger partial charge on any atom is 0.433 e. The molecule has 174 valence electrons. The van der Waals surface area contributed by atoms with Gasteiger partial charge in [-0.25, -0.2) is 4.98 Å². The number of aryl methyl sites for hydroxylation is 1. The number of pyridine rings is 1. The minimum Gasteiger partial charge on any atom is -0.330 e. The first-order valence-electron chi connectivity index (χ1n) is 9.40. The largest absolute Gasteiger partial charge is 0.433 e. The summed E-state index contributed by atoms with van der Waals surface area (Å²) >= 11 is 5.38. The van der Waals surface area contributed by atoms with Gasteiger partial charge in [0.1, 0.15) is 11.2 Å². The first-order valence-corrected chi connectivity index (χ1v) is 9.81. The van der Waals surface area contributed by atoms with Crippen LogP contribution in [-0.4, -0.2) is 26.4 Å². The predicted octanol–water partition coefficient (Wildman–Crippen LogP) is 5.21. The third-order valence-corrected chi connectivity index (χ3v) is 5.73. The molecule has 12 heteroatoms. The Hall–Kier alpha value is -3.20. The minimum absolute atomic E-state index is 0.0760. The highest BCUT2D eigenvalue weighted by Crippen LogP contribution is 2.38. The van der Waals surface area contributed by atoms with Crippen molar-refractivity contribution in [3.63, 3.8) is 0 Å². The van der Waals surface area contributed by atoms with Gasteiger partial charge in [-0.1, -0.05) is 6.07 Å².